The third-order valence-electron chi connectivity index (χ3n) is 22.6. The van der Waals surface area contributed by atoms with Gasteiger partial charge in [0.25, 0.3) is 0 Å². The molecule has 0 fully saturated rings. The maximum absolute atomic E-state index is 4.18. The molecule has 0 bridgehead atoms. The first-order valence-corrected chi connectivity index (χ1v) is 50.4. The van der Waals surface area contributed by atoms with Gasteiger partial charge in [0.1, 0.15) is 0 Å². The molecule has 0 saturated carbocycles. The predicted molar refractivity (Wildman–Crippen MR) is 548 cm³/mol. The van der Waals surface area contributed by atoms with Gasteiger partial charge in [0.15, 0.2) is 0 Å². The van der Waals surface area contributed by atoms with Crippen molar-refractivity contribution in [3.63, 3.8) is 0 Å². The molecule has 0 aliphatic rings. The van der Waals surface area contributed by atoms with Gasteiger partial charge in [0, 0.05) is 25.0 Å². The zero-order valence-corrected chi connectivity index (χ0v) is 86.4. The normalized spacial score (nSPS) is 11.4. The van der Waals surface area contributed by atoms with Crippen LogP contribution in [0.15, 0.2) is 158 Å². The molecule has 694 valence electrons. The van der Waals surface area contributed by atoms with Crippen LogP contribution in [0.3, 0.4) is 0 Å². The summed E-state index contributed by atoms with van der Waals surface area (Å²) in [5.74, 6) is 11.6. The molecule has 6 heteroatoms. The molecule has 6 aromatic carbocycles. The number of rotatable bonds is 45. The van der Waals surface area contributed by atoms with Gasteiger partial charge in [-0.1, -0.05) is 370 Å². The van der Waals surface area contributed by atoms with E-state index in [2.05, 4.69) is 394 Å². The van der Waals surface area contributed by atoms with E-state index in [4.69, 9.17) is 0 Å². The highest BCUT2D eigenvalue weighted by molar-refractivity contribution is 5.29. The number of benzene rings is 6. The third kappa shape index (κ3) is 64.9. The molecule has 123 heavy (non-hydrogen) atoms. The van der Waals surface area contributed by atoms with E-state index in [1.165, 1.54) is 229 Å². The van der Waals surface area contributed by atoms with Crippen LogP contribution in [0.1, 0.15) is 408 Å². The first-order valence-electron chi connectivity index (χ1n) is 50.4. The Bertz CT molecular complexity index is 3420. The van der Waals surface area contributed by atoms with Crippen molar-refractivity contribution in [2.75, 3.05) is 0 Å². The average molecular weight is 1690 g/mol. The van der Waals surface area contributed by atoms with Crippen molar-refractivity contribution in [2.24, 2.45) is 82.9 Å². The Morgan fingerprint density at radius 3 is 0.715 bits per heavy atom. The number of aromatic nitrogens is 6. The number of hydrogen-bond donors (Lipinski definition) is 0. The molecular formula is C117H196N6. The maximum Gasteiger partial charge on any atom is 0.0852 e. The van der Waals surface area contributed by atoms with Crippen molar-refractivity contribution in [1.29, 1.82) is 0 Å². The summed E-state index contributed by atoms with van der Waals surface area (Å²) in [5.41, 5.74) is 20.4. The fourth-order valence-electron chi connectivity index (χ4n) is 13.5. The van der Waals surface area contributed by atoms with Crippen LogP contribution in [0, 0.1) is 82.9 Å². The SMILES string of the molecule is CC(C)CCCc1cccc(CCC(C)C)c1.CC(C)CCc1ccc(CCC(C)C)cc1.CC(C)CCc1ccc(CCC(C)C)cc1.CC(C)CCc1cccc(CCC(C)C)c1.CC(C)CCc1cccc(CCC(C)C)c1.CC(C)CCc1ccccc1CCC(C)C.CC(C)CCc1cn(CCC(C)C)nn1.CC(C)c1cn(C(C)C)nn1. The monoisotopic (exact) mass is 1690 g/mol. The minimum Gasteiger partial charge on any atom is -0.252 e. The third-order valence-corrected chi connectivity index (χ3v) is 22.6. The lowest BCUT2D eigenvalue weighted by Crippen LogP contribution is -2.01. The number of hydrogen-bond acceptors (Lipinski definition) is 4. The molecule has 0 saturated heterocycles. The second-order valence-corrected chi connectivity index (χ2v) is 42.9. The van der Waals surface area contributed by atoms with Gasteiger partial charge in [-0.15, -0.1) is 10.2 Å². The van der Waals surface area contributed by atoms with Crippen molar-refractivity contribution < 1.29 is 0 Å². The van der Waals surface area contributed by atoms with E-state index >= 15 is 0 Å². The molecule has 8 aromatic rings. The van der Waals surface area contributed by atoms with Gasteiger partial charge in [-0.3, -0.25) is 4.68 Å². The Morgan fingerprint density at radius 2 is 0.472 bits per heavy atom. The van der Waals surface area contributed by atoms with Gasteiger partial charge in [-0.2, -0.15) is 0 Å². The minimum atomic E-state index is 0.412. The summed E-state index contributed by atoms with van der Waals surface area (Å²) in [6.07, 6.45) is 39.3. The van der Waals surface area contributed by atoms with Gasteiger partial charge >= 0.3 is 0 Å². The molecule has 0 aliphatic heterocycles. The molecule has 2 heterocycles. The van der Waals surface area contributed by atoms with E-state index in [-0.39, 0.29) is 0 Å². The summed E-state index contributed by atoms with van der Waals surface area (Å²) < 4.78 is 3.85. The van der Waals surface area contributed by atoms with Crippen molar-refractivity contribution in [3.8, 4) is 0 Å². The Labute approximate surface area is 764 Å². The Morgan fingerprint density at radius 1 is 0.220 bits per heavy atom. The molecular weight excluding hydrogens is 1490 g/mol. The summed E-state index contributed by atoms with van der Waals surface area (Å²) >= 11 is 0. The molecule has 2 aromatic heterocycles. The van der Waals surface area contributed by atoms with E-state index in [9.17, 15) is 0 Å². The van der Waals surface area contributed by atoms with E-state index in [1.807, 2.05) is 15.6 Å². The summed E-state index contributed by atoms with van der Waals surface area (Å²) in [6, 6.07) is 55.3. The van der Waals surface area contributed by atoms with Gasteiger partial charge in [0.2, 0.25) is 0 Å². The smallest absolute Gasteiger partial charge is 0.0852 e. The van der Waals surface area contributed by atoms with Crippen LogP contribution in [-0.4, -0.2) is 30.0 Å². The zero-order valence-electron chi connectivity index (χ0n) is 86.4. The second-order valence-electron chi connectivity index (χ2n) is 42.9. The van der Waals surface area contributed by atoms with Crippen LogP contribution < -0.4 is 0 Å². The Kier molecular flexibility index (Phi) is 64.1. The molecule has 0 unspecified atom stereocenters. The fraction of sp³-hybridized carbons (Fsp3) is 0.658. The number of aryl methyl sites for hydroxylation is 14. The first-order chi connectivity index (χ1) is 58.2. The Hall–Kier alpha value is -6.40. The lowest BCUT2D eigenvalue weighted by atomic mass is 9.94. The molecule has 0 N–H and O–H groups in total. The molecule has 0 spiro atoms. The van der Waals surface area contributed by atoms with Gasteiger partial charge in [-0.05, 0) is 343 Å². The highest BCUT2D eigenvalue weighted by Crippen LogP contribution is 2.23. The lowest BCUT2D eigenvalue weighted by Gasteiger charge is -2.12. The van der Waals surface area contributed by atoms with E-state index in [1.54, 1.807) is 11.1 Å². The van der Waals surface area contributed by atoms with Crippen molar-refractivity contribution in [2.45, 2.75) is 420 Å². The van der Waals surface area contributed by atoms with Crippen molar-refractivity contribution in [1.82, 2.24) is 30.0 Å². The maximum atomic E-state index is 4.18. The van der Waals surface area contributed by atoms with Crippen LogP contribution in [0.5, 0.6) is 0 Å². The topological polar surface area (TPSA) is 61.4 Å². The van der Waals surface area contributed by atoms with Gasteiger partial charge in [0.05, 0.1) is 11.4 Å². The van der Waals surface area contributed by atoms with Gasteiger partial charge < -0.3 is 0 Å². The fourth-order valence-corrected chi connectivity index (χ4v) is 13.5. The summed E-state index contributed by atoms with van der Waals surface area (Å²) in [7, 11) is 0. The zero-order chi connectivity index (χ0) is 92.2. The van der Waals surface area contributed by atoms with Crippen molar-refractivity contribution >= 4 is 0 Å². The first kappa shape index (κ1) is 115. The molecule has 6 nitrogen and oxygen atoms in total. The quantitative estimate of drug-likeness (QED) is 0.0382. The highest BCUT2D eigenvalue weighted by atomic mass is 15.4. The number of nitrogens with zero attached hydrogens (tertiary/aromatic N) is 6. The van der Waals surface area contributed by atoms with Crippen LogP contribution >= 0.6 is 0 Å². The standard InChI is InChI=1S/C17H28.5C16H26.C12H23N3.C8H15N3/c1-14(2)7-5-8-16-9-6-10-17(13-16)12-11-15(3)4;2*1-13(2)5-7-15-9-11-16(12-10-15)8-6-14(3)4;2*1-13(2)8-10-15-6-5-7-16(12-15)11-9-14(3)4;1-13(2)9-11-15-7-5-6-8-16(15)12-10-14(3)4;1-10(2)5-6-12-9-15(14-13-12)8-7-11(3)4;1-6(2)8-5-11(7(3)4)10-9-8/h6,9-10,13-15H,5,7-8,11-12H2,1-4H3;2*9-14H,5-8H2,1-4H3;2*5-7,12-14H,8-11H2,1-4H3;5-8,13-14H,9-12H2,1-4H3;9-11H,5-8H2,1-4H3;5-7H,1-4H3. The summed E-state index contributed by atoms with van der Waals surface area (Å²) in [6.45, 7) is 73.4. The minimum absolute atomic E-state index is 0.412. The molecule has 8 rings (SSSR count). The molecule has 0 amide bonds. The predicted octanol–water partition coefficient (Wildman–Crippen LogP) is 34.5. The van der Waals surface area contributed by atoms with E-state index in [0.717, 1.165) is 107 Å². The van der Waals surface area contributed by atoms with E-state index < -0.39 is 0 Å². The lowest BCUT2D eigenvalue weighted by molar-refractivity contribution is 0.478. The Balaban J connectivity index is 0.000000704. The van der Waals surface area contributed by atoms with Gasteiger partial charge in [-0.25, -0.2) is 4.68 Å². The molecule has 0 aliphatic carbocycles. The summed E-state index contributed by atoms with van der Waals surface area (Å²) in [4.78, 5) is 0. The molecule has 0 atom stereocenters. The second kappa shape index (κ2) is 68.8. The summed E-state index contributed by atoms with van der Waals surface area (Å²) in [5, 5.41) is 16.4. The molecule has 0 radical (unpaired) electrons. The van der Waals surface area contributed by atoms with Crippen LogP contribution in [0.4, 0.5) is 0 Å². The largest absolute Gasteiger partial charge is 0.252 e. The van der Waals surface area contributed by atoms with E-state index in [0.29, 0.717) is 12.0 Å². The van der Waals surface area contributed by atoms with Crippen molar-refractivity contribution in [3.05, 3.63) is 236 Å². The van der Waals surface area contributed by atoms with Crippen LogP contribution in [-0.2, 0) is 90.0 Å². The average Bonchev–Trinajstić information content (AvgIpc) is 1.86. The van der Waals surface area contributed by atoms with Crippen LogP contribution in [0.25, 0.3) is 0 Å². The highest BCUT2D eigenvalue weighted by Gasteiger charge is 2.11. The van der Waals surface area contributed by atoms with Crippen LogP contribution in [0.2, 0.25) is 0 Å².